The van der Waals surface area contributed by atoms with Crippen LogP contribution < -0.4 is 5.32 Å². The van der Waals surface area contributed by atoms with Crippen LogP contribution in [-0.4, -0.2) is 26.0 Å². The summed E-state index contributed by atoms with van der Waals surface area (Å²) in [5, 5.41) is 15.5. The van der Waals surface area contributed by atoms with Gasteiger partial charge in [-0.3, -0.25) is 0 Å². The minimum atomic E-state index is -1.06. The summed E-state index contributed by atoms with van der Waals surface area (Å²) in [4.78, 5) is 14.7. The molecule has 0 aromatic carbocycles. The molecule has 0 bridgehead atoms. The van der Waals surface area contributed by atoms with Gasteiger partial charge >= 0.3 is 6.09 Å². The van der Waals surface area contributed by atoms with Crippen molar-refractivity contribution in [2.45, 2.75) is 13.0 Å². The summed E-state index contributed by atoms with van der Waals surface area (Å²) < 4.78 is 1.54. The van der Waals surface area contributed by atoms with E-state index in [1.807, 2.05) is 0 Å². The third kappa shape index (κ3) is 2.78. The van der Waals surface area contributed by atoms with Gasteiger partial charge in [0.1, 0.15) is 0 Å². The fourth-order valence-electron chi connectivity index (χ4n) is 1.48. The molecule has 0 radical (unpaired) electrons. The van der Waals surface area contributed by atoms with Gasteiger partial charge in [-0.15, -0.1) is 0 Å². The van der Waals surface area contributed by atoms with Crippen LogP contribution in [0.4, 0.5) is 4.79 Å². The maximum Gasteiger partial charge on any atom is 0.405 e. The van der Waals surface area contributed by atoms with E-state index in [0.717, 1.165) is 5.56 Å². The number of carbonyl (C=O) groups is 1. The van der Waals surface area contributed by atoms with Crippen LogP contribution in [-0.2, 0) is 0 Å². The summed E-state index contributed by atoms with van der Waals surface area (Å²) >= 11 is 5.76. The van der Waals surface area contributed by atoms with Crippen LogP contribution in [0.1, 0.15) is 18.5 Å². The molecule has 2 N–H and O–H groups in total. The molecule has 0 saturated carbocycles. The van der Waals surface area contributed by atoms with Crippen molar-refractivity contribution in [3.8, 4) is 5.82 Å². The highest BCUT2D eigenvalue weighted by molar-refractivity contribution is 6.30. The van der Waals surface area contributed by atoms with E-state index in [1.54, 1.807) is 36.1 Å². The predicted molar refractivity (Wildman–Crippen MR) is 65.9 cm³/mol. The molecule has 7 heteroatoms. The van der Waals surface area contributed by atoms with Gasteiger partial charge in [-0.05, 0) is 18.6 Å². The molecule has 2 rings (SSSR count). The lowest BCUT2D eigenvalue weighted by Gasteiger charge is -2.11. The Morgan fingerprint density at radius 2 is 2.28 bits per heavy atom. The molecule has 94 valence electrons. The molecule has 1 unspecified atom stereocenters. The molecule has 0 fully saturated rings. The van der Waals surface area contributed by atoms with E-state index in [-0.39, 0.29) is 6.04 Å². The lowest BCUT2D eigenvalue weighted by Crippen LogP contribution is -2.24. The van der Waals surface area contributed by atoms with Crippen molar-refractivity contribution in [1.82, 2.24) is 20.1 Å². The monoisotopic (exact) mass is 266 g/mol. The molecule has 0 aliphatic carbocycles. The Morgan fingerprint density at radius 1 is 1.50 bits per heavy atom. The highest BCUT2D eigenvalue weighted by Crippen LogP contribution is 2.14. The fraction of sp³-hybridized carbons (Fsp3) is 0.182. The Balaban J connectivity index is 2.17. The normalized spacial score (nSPS) is 12.1. The van der Waals surface area contributed by atoms with E-state index in [1.165, 1.54) is 6.20 Å². The molecule has 1 atom stereocenters. The van der Waals surface area contributed by atoms with Gasteiger partial charge in [0.25, 0.3) is 0 Å². The first-order valence-corrected chi connectivity index (χ1v) is 5.60. The number of amides is 1. The Labute approximate surface area is 108 Å². The van der Waals surface area contributed by atoms with Crippen LogP contribution in [0.3, 0.4) is 0 Å². The van der Waals surface area contributed by atoms with Crippen molar-refractivity contribution in [1.29, 1.82) is 0 Å². The predicted octanol–water partition coefficient (Wildman–Crippen LogP) is 2.25. The van der Waals surface area contributed by atoms with Crippen molar-refractivity contribution in [2.24, 2.45) is 0 Å². The molecule has 1 amide bonds. The number of nitrogens with zero attached hydrogens (tertiary/aromatic N) is 3. The largest absolute Gasteiger partial charge is 0.465 e. The summed E-state index contributed by atoms with van der Waals surface area (Å²) in [6, 6.07) is 3.22. The van der Waals surface area contributed by atoms with Crippen LogP contribution in [0.2, 0.25) is 5.02 Å². The lowest BCUT2D eigenvalue weighted by molar-refractivity contribution is 0.191. The highest BCUT2D eigenvalue weighted by atomic mass is 35.5. The first kappa shape index (κ1) is 12.4. The Morgan fingerprint density at radius 3 is 2.78 bits per heavy atom. The maximum absolute atomic E-state index is 10.5. The number of aromatic nitrogens is 3. The van der Waals surface area contributed by atoms with Gasteiger partial charge in [0.15, 0.2) is 5.82 Å². The molecule has 0 aliphatic heterocycles. The highest BCUT2D eigenvalue weighted by Gasteiger charge is 2.09. The molecule has 2 aromatic heterocycles. The summed E-state index contributed by atoms with van der Waals surface area (Å²) in [6.45, 7) is 1.75. The zero-order valence-corrected chi connectivity index (χ0v) is 10.3. The standard InChI is InChI=1S/C11H11ClN4O2/c1-7(15-11(17)18)8-2-3-10(13-4-8)16-6-9(12)5-14-16/h2-7,15H,1H3,(H,17,18). The summed E-state index contributed by atoms with van der Waals surface area (Å²) in [7, 11) is 0. The van der Waals surface area contributed by atoms with E-state index in [9.17, 15) is 4.79 Å². The van der Waals surface area contributed by atoms with Crippen molar-refractivity contribution in [3.05, 3.63) is 41.3 Å². The second-order valence-electron chi connectivity index (χ2n) is 3.72. The third-order valence-corrected chi connectivity index (χ3v) is 2.59. The number of rotatable bonds is 3. The Hall–Kier alpha value is -2.08. The third-order valence-electron chi connectivity index (χ3n) is 2.40. The van der Waals surface area contributed by atoms with Crippen LogP contribution in [0.5, 0.6) is 0 Å². The minimum Gasteiger partial charge on any atom is -0.465 e. The van der Waals surface area contributed by atoms with Gasteiger partial charge in [-0.25, -0.2) is 14.5 Å². The molecule has 0 spiro atoms. The molecule has 2 aromatic rings. The molecular weight excluding hydrogens is 256 g/mol. The van der Waals surface area contributed by atoms with Gasteiger partial charge in [0.2, 0.25) is 0 Å². The maximum atomic E-state index is 10.5. The van der Waals surface area contributed by atoms with E-state index in [2.05, 4.69) is 15.4 Å². The Kier molecular flexibility index (Phi) is 3.47. The number of carboxylic acid groups (broad SMARTS) is 1. The van der Waals surface area contributed by atoms with Gasteiger partial charge in [-0.2, -0.15) is 5.10 Å². The Bertz CT molecular complexity index is 552. The van der Waals surface area contributed by atoms with Gasteiger partial charge < -0.3 is 10.4 Å². The van der Waals surface area contributed by atoms with Crippen molar-refractivity contribution in [3.63, 3.8) is 0 Å². The van der Waals surface area contributed by atoms with E-state index in [0.29, 0.717) is 10.8 Å². The average Bonchev–Trinajstić information content (AvgIpc) is 2.75. The van der Waals surface area contributed by atoms with Crippen LogP contribution in [0.25, 0.3) is 5.82 Å². The number of nitrogens with one attached hydrogen (secondary N) is 1. The average molecular weight is 267 g/mol. The summed E-state index contributed by atoms with van der Waals surface area (Å²) in [5.74, 6) is 0.619. The quantitative estimate of drug-likeness (QED) is 0.893. The lowest BCUT2D eigenvalue weighted by atomic mass is 10.1. The van der Waals surface area contributed by atoms with Gasteiger partial charge in [0.05, 0.1) is 23.5 Å². The van der Waals surface area contributed by atoms with Gasteiger partial charge in [0, 0.05) is 6.20 Å². The van der Waals surface area contributed by atoms with Gasteiger partial charge in [-0.1, -0.05) is 17.7 Å². The van der Waals surface area contributed by atoms with Crippen molar-refractivity contribution >= 4 is 17.7 Å². The molecule has 2 heterocycles. The molecule has 18 heavy (non-hydrogen) atoms. The first-order chi connectivity index (χ1) is 8.56. The van der Waals surface area contributed by atoms with E-state index >= 15 is 0 Å². The van der Waals surface area contributed by atoms with Crippen LogP contribution in [0, 0.1) is 0 Å². The number of halogens is 1. The minimum absolute atomic E-state index is 0.315. The zero-order valence-electron chi connectivity index (χ0n) is 9.54. The molecule has 0 saturated heterocycles. The number of hydrogen-bond acceptors (Lipinski definition) is 3. The number of hydrogen-bond donors (Lipinski definition) is 2. The zero-order chi connectivity index (χ0) is 13.1. The molecular formula is C11H11ClN4O2. The summed E-state index contributed by atoms with van der Waals surface area (Å²) in [6.07, 6.45) is 3.70. The first-order valence-electron chi connectivity index (χ1n) is 5.22. The van der Waals surface area contributed by atoms with E-state index in [4.69, 9.17) is 16.7 Å². The van der Waals surface area contributed by atoms with Crippen molar-refractivity contribution in [2.75, 3.05) is 0 Å². The number of pyridine rings is 1. The molecule has 0 aliphatic rings. The SMILES string of the molecule is CC(NC(=O)O)c1ccc(-n2cc(Cl)cn2)nc1. The van der Waals surface area contributed by atoms with Crippen molar-refractivity contribution < 1.29 is 9.90 Å². The second-order valence-corrected chi connectivity index (χ2v) is 4.16. The van der Waals surface area contributed by atoms with Crippen LogP contribution >= 0.6 is 11.6 Å². The summed E-state index contributed by atoms with van der Waals surface area (Å²) in [5.41, 5.74) is 0.777. The second kappa shape index (κ2) is 5.05. The molecule has 6 nitrogen and oxygen atoms in total. The van der Waals surface area contributed by atoms with Crippen LogP contribution in [0.15, 0.2) is 30.7 Å². The van der Waals surface area contributed by atoms with E-state index < -0.39 is 6.09 Å². The fourth-order valence-corrected chi connectivity index (χ4v) is 1.62. The topological polar surface area (TPSA) is 80.0 Å². The smallest absolute Gasteiger partial charge is 0.405 e.